The molecule has 0 aromatic carbocycles. The van der Waals surface area contributed by atoms with E-state index in [2.05, 4.69) is 36.7 Å². The number of piperidine rings is 1. The molecule has 1 atom stereocenters. The second-order valence-electron chi connectivity index (χ2n) is 6.03. The zero-order chi connectivity index (χ0) is 14.9. The van der Waals surface area contributed by atoms with Crippen LogP contribution in [0.4, 0.5) is 0 Å². The van der Waals surface area contributed by atoms with E-state index in [0.29, 0.717) is 5.92 Å². The molecule has 1 aliphatic rings. The van der Waals surface area contributed by atoms with Crippen LogP contribution in [-0.2, 0) is 0 Å². The van der Waals surface area contributed by atoms with Gasteiger partial charge in [-0.25, -0.2) is 0 Å². The first-order valence-electron chi connectivity index (χ1n) is 7.32. The summed E-state index contributed by atoms with van der Waals surface area (Å²) in [7, 11) is 0. The van der Waals surface area contributed by atoms with Gasteiger partial charge in [0.2, 0.25) is 0 Å². The van der Waals surface area contributed by atoms with E-state index in [1.807, 2.05) is 21.7 Å². The predicted octanol–water partition coefficient (Wildman–Crippen LogP) is 3.03. The van der Waals surface area contributed by atoms with E-state index in [0.717, 1.165) is 36.1 Å². The Bertz CT molecular complexity index is 473. The van der Waals surface area contributed by atoms with Crippen LogP contribution in [0, 0.1) is 5.92 Å². The second kappa shape index (κ2) is 6.31. The van der Waals surface area contributed by atoms with Gasteiger partial charge in [-0.15, -0.1) is 0 Å². The Balaban J connectivity index is 2.09. The van der Waals surface area contributed by atoms with Crippen molar-refractivity contribution in [2.45, 2.75) is 45.7 Å². The van der Waals surface area contributed by atoms with Gasteiger partial charge in [0.1, 0.15) is 5.69 Å². The molecule has 0 radical (unpaired) electrons. The lowest BCUT2D eigenvalue weighted by atomic mass is 9.91. The largest absolute Gasteiger partial charge is 0.340 e. The molecule has 1 aromatic rings. The molecule has 0 aliphatic carbocycles. The summed E-state index contributed by atoms with van der Waals surface area (Å²) >= 11 is 3.46. The van der Waals surface area contributed by atoms with Gasteiger partial charge in [0, 0.05) is 35.8 Å². The van der Waals surface area contributed by atoms with Gasteiger partial charge in [0.15, 0.2) is 0 Å². The van der Waals surface area contributed by atoms with Crippen molar-refractivity contribution in [3.8, 4) is 0 Å². The predicted molar refractivity (Wildman–Crippen MR) is 84.8 cm³/mol. The van der Waals surface area contributed by atoms with E-state index in [-0.39, 0.29) is 18.0 Å². The van der Waals surface area contributed by atoms with Crippen molar-refractivity contribution in [3.63, 3.8) is 0 Å². The van der Waals surface area contributed by atoms with Crippen molar-refractivity contribution in [3.05, 3.63) is 22.4 Å². The molecule has 1 aromatic heterocycles. The topological polar surface area (TPSA) is 51.3 Å². The number of hydrogen-bond acceptors (Lipinski definition) is 2. The highest BCUT2D eigenvalue weighted by Gasteiger charge is 2.27. The maximum absolute atomic E-state index is 12.7. The number of amides is 1. The van der Waals surface area contributed by atoms with E-state index in [1.165, 1.54) is 0 Å². The van der Waals surface area contributed by atoms with Crippen molar-refractivity contribution < 1.29 is 4.79 Å². The Hall–Kier alpha value is -0.810. The molecular weight excluding hydrogens is 318 g/mol. The van der Waals surface area contributed by atoms with E-state index >= 15 is 0 Å². The molecule has 1 aliphatic heterocycles. The quantitative estimate of drug-likeness (QED) is 0.918. The third-order valence-electron chi connectivity index (χ3n) is 4.16. The highest BCUT2D eigenvalue weighted by molar-refractivity contribution is 9.10. The van der Waals surface area contributed by atoms with Gasteiger partial charge in [0.05, 0.1) is 0 Å². The van der Waals surface area contributed by atoms with Crippen molar-refractivity contribution >= 4 is 21.8 Å². The third kappa shape index (κ3) is 3.26. The Labute approximate surface area is 129 Å². The van der Waals surface area contributed by atoms with Gasteiger partial charge in [-0.1, -0.05) is 0 Å². The minimum absolute atomic E-state index is 0.132. The average Bonchev–Trinajstić information content (AvgIpc) is 2.80. The summed E-state index contributed by atoms with van der Waals surface area (Å²) in [4.78, 5) is 14.6. The van der Waals surface area contributed by atoms with Crippen molar-refractivity contribution in [1.82, 2.24) is 9.47 Å². The van der Waals surface area contributed by atoms with E-state index in [9.17, 15) is 4.79 Å². The molecule has 2 N–H and O–H groups in total. The molecule has 5 heteroatoms. The lowest BCUT2D eigenvalue weighted by Crippen LogP contribution is -2.43. The Morgan fingerprint density at radius 2 is 1.95 bits per heavy atom. The second-order valence-corrected chi connectivity index (χ2v) is 6.95. The number of likely N-dealkylation sites (tertiary alicyclic amines) is 1. The summed E-state index contributed by atoms with van der Waals surface area (Å²) in [6.45, 7) is 7.86. The van der Waals surface area contributed by atoms with E-state index < -0.39 is 0 Å². The van der Waals surface area contributed by atoms with Crippen molar-refractivity contribution in [2.24, 2.45) is 11.7 Å². The summed E-state index contributed by atoms with van der Waals surface area (Å²) < 4.78 is 2.99. The first-order valence-corrected chi connectivity index (χ1v) is 8.11. The Morgan fingerprint density at radius 3 is 2.45 bits per heavy atom. The number of nitrogens with two attached hydrogens (primary N) is 1. The van der Waals surface area contributed by atoms with Crippen LogP contribution in [0.25, 0.3) is 0 Å². The number of halogens is 1. The monoisotopic (exact) mass is 341 g/mol. The summed E-state index contributed by atoms with van der Waals surface area (Å²) in [5.41, 5.74) is 6.72. The molecule has 1 amide bonds. The van der Waals surface area contributed by atoms with Gasteiger partial charge < -0.3 is 15.2 Å². The smallest absolute Gasteiger partial charge is 0.270 e. The van der Waals surface area contributed by atoms with Crippen LogP contribution < -0.4 is 5.73 Å². The number of hydrogen-bond donors (Lipinski definition) is 1. The number of aromatic nitrogens is 1. The first-order chi connectivity index (χ1) is 9.40. The van der Waals surface area contributed by atoms with Crippen molar-refractivity contribution in [1.29, 1.82) is 0 Å². The fraction of sp³-hybridized carbons (Fsp3) is 0.667. The molecule has 0 saturated carbocycles. The lowest BCUT2D eigenvalue weighted by molar-refractivity contribution is 0.0668. The van der Waals surface area contributed by atoms with Crippen LogP contribution >= 0.6 is 15.9 Å². The Kier molecular flexibility index (Phi) is 4.91. The van der Waals surface area contributed by atoms with Crippen LogP contribution in [0.3, 0.4) is 0 Å². The zero-order valence-corrected chi connectivity index (χ0v) is 14.1. The summed E-state index contributed by atoms with van der Waals surface area (Å²) in [6, 6.07) is 2.42. The van der Waals surface area contributed by atoms with Gasteiger partial charge in [-0.2, -0.15) is 0 Å². The minimum Gasteiger partial charge on any atom is -0.340 e. The maximum Gasteiger partial charge on any atom is 0.270 e. The summed E-state index contributed by atoms with van der Waals surface area (Å²) in [6.07, 6.45) is 3.99. The summed E-state index contributed by atoms with van der Waals surface area (Å²) in [5, 5.41) is 0. The third-order valence-corrected chi connectivity index (χ3v) is 4.59. The number of nitrogens with zero attached hydrogens (tertiary/aromatic N) is 2. The highest BCUT2D eigenvalue weighted by atomic mass is 79.9. The van der Waals surface area contributed by atoms with Crippen LogP contribution in [-0.4, -0.2) is 34.5 Å². The van der Waals surface area contributed by atoms with Crippen LogP contribution in [0.5, 0.6) is 0 Å². The lowest BCUT2D eigenvalue weighted by Gasteiger charge is -2.34. The molecule has 0 bridgehead atoms. The van der Waals surface area contributed by atoms with Crippen LogP contribution in [0.2, 0.25) is 0 Å². The average molecular weight is 342 g/mol. The molecule has 1 unspecified atom stereocenters. The van der Waals surface area contributed by atoms with E-state index in [4.69, 9.17) is 5.73 Å². The van der Waals surface area contributed by atoms with Gasteiger partial charge in [-0.05, 0) is 61.5 Å². The number of rotatable bonds is 3. The number of carbonyl (C=O) groups is 1. The van der Waals surface area contributed by atoms with Gasteiger partial charge >= 0.3 is 0 Å². The normalized spacial score (nSPS) is 18.6. The minimum atomic E-state index is 0.132. The Morgan fingerprint density at radius 1 is 1.35 bits per heavy atom. The summed E-state index contributed by atoms with van der Waals surface area (Å²) in [5.74, 6) is 0.676. The SMILES string of the molecule is CC(N)C1CCN(C(=O)c2cc(Br)cn2C(C)C)CC1. The van der Waals surface area contributed by atoms with Gasteiger partial charge in [-0.3, -0.25) is 4.79 Å². The molecule has 2 heterocycles. The fourth-order valence-electron chi connectivity index (χ4n) is 2.83. The van der Waals surface area contributed by atoms with Crippen molar-refractivity contribution in [2.75, 3.05) is 13.1 Å². The molecule has 1 saturated heterocycles. The van der Waals surface area contributed by atoms with E-state index in [1.54, 1.807) is 0 Å². The fourth-order valence-corrected chi connectivity index (χ4v) is 3.27. The standard InChI is InChI=1S/C15H24BrN3O/c1-10(2)19-9-13(16)8-14(19)15(20)18-6-4-12(5-7-18)11(3)17/h8-12H,4-7,17H2,1-3H3. The molecule has 20 heavy (non-hydrogen) atoms. The molecule has 2 rings (SSSR count). The molecular formula is C15H24BrN3O. The van der Waals surface area contributed by atoms with Gasteiger partial charge in [0.25, 0.3) is 5.91 Å². The maximum atomic E-state index is 12.7. The highest BCUT2D eigenvalue weighted by Crippen LogP contribution is 2.24. The first kappa shape index (κ1) is 15.6. The molecule has 4 nitrogen and oxygen atoms in total. The zero-order valence-electron chi connectivity index (χ0n) is 12.5. The number of carbonyl (C=O) groups excluding carboxylic acids is 1. The van der Waals surface area contributed by atoms with Crippen LogP contribution in [0.15, 0.2) is 16.7 Å². The molecule has 0 spiro atoms. The van der Waals surface area contributed by atoms with Crippen LogP contribution in [0.1, 0.15) is 50.1 Å². The molecule has 112 valence electrons. The molecule has 1 fully saturated rings.